The van der Waals surface area contributed by atoms with Crippen LogP contribution in [-0.4, -0.2) is 9.67 Å². The van der Waals surface area contributed by atoms with Crippen molar-refractivity contribution < 1.29 is 5.11 Å². The smallest absolute Gasteiger partial charge is 0.162 e. The van der Waals surface area contributed by atoms with Gasteiger partial charge in [0.05, 0.1) is 16.8 Å². The third-order valence-electron chi connectivity index (χ3n) is 6.55. The van der Waals surface area contributed by atoms with E-state index < -0.39 is 0 Å². The third-order valence-corrected chi connectivity index (χ3v) is 7.98. The fraction of sp³-hybridized carbons (Fsp3) is 0.567. The first-order valence-electron chi connectivity index (χ1n) is 12.3. The third kappa shape index (κ3) is 6.12. The van der Waals surface area contributed by atoms with Gasteiger partial charge in [0.1, 0.15) is 5.75 Å². The van der Waals surface area contributed by atoms with Crippen LogP contribution in [0.4, 0.5) is 0 Å². The quantitative estimate of drug-likeness (QED) is 0.343. The molecule has 0 radical (unpaired) electrons. The SMILES string of the molecule is CC(C)(C)CC(C)(C)c1cc(Cn2c(=S)sc3ccccc32)c(O)c(C(C)(C)CC(C)(C)C)c1. The predicted octanol–water partition coefficient (Wildman–Crippen LogP) is 9.61. The van der Waals surface area contributed by atoms with E-state index in [4.69, 9.17) is 12.2 Å². The lowest BCUT2D eigenvalue weighted by molar-refractivity contribution is 0.274. The minimum atomic E-state index is -0.164. The Morgan fingerprint density at radius 2 is 1.38 bits per heavy atom. The van der Waals surface area contributed by atoms with Gasteiger partial charge >= 0.3 is 0 Å². The summed E-state index contributed by atoms with van der Waals surface area (Å²) >= 11 is 7.39. The lowest BCUT2D eigenvalue weighted by Crippen LogP contribution is -2.28. The van der Waals surface area contributed by atoms with Gasteiger partial charge in [-0.25, -0.2) is 0 Å². The molecule has 0 fully saturated rings. The molecule has 0 unspecified atom stereocenters. The number of rotatable bonds is 6. The summed E-state index contributed by atoms with van der Waals surface area (Å²) in [4.78, 5) is 0. The molecular formula is C30H43NOS2. The van der Waals surface area contributed by atoms with Crippen LogP contribution in [0.15, 0.2) is 36.4 Å². The van der Waals surface area contributed by atoms with Crippen molar-refractivity contribution in [2.75, 3.05) is 0 Å². The van der Waals surface area contributed by atoms with Gasteiger partial charge in [0.2, 0.25) is 0 Å². The van der Waals surface area contributed by atoms with Crippen molar-refractivity contribution in [2.45, 2.75) is 99.5 Å². The molecule has 2 aromatic carbocycles. The molecule has 0 aliphatic carbocycles. The first kappa shape index (κ1) is 26.9. The molecule has 186 valence electrons. The molecule has 1 aromatic heterocycles. The number of aromatic nitrogens is 1. The highest BCUT2D eigenvalue weighted by molar-refractivity contribution is 7.73. The molecule has 0 saturated heterocycles. The summed E-state index contributed by atoms with van der Waals surface area (Å²) in [6, 6.07) is 12.9. The van der Waals surface area contributed by atoms with Crippen LogP contribution in [0.1, 0.15) is 98.8 Å². The van der Waals surface area contributed by atoms with Gasteiger partial charge in [0.15, 0.2) is 3.95 Å². The number of thiazole rings is 1. The topological polar surface area (TPSA) is 25.2 Å². The molecule has 0 amide bonds. The van der Waals surface area contributed by atoms with Crippen LogP contribution < -0.4 is 0 Å². The summed E-state index contributed by atoms with van der Waals surface area (Å²) in [6.07, 6.45) is 2.04. The second kappa shape index (κ2) is 9.09. The van der Waals surface area contributed by atoms with Gasteiger partial charge in [-0.3, -0.25) is 0 Å². The van der Waals surface area contributed by atoms with Crippen LogP contribution in [-0.2, 0) is 17.4 Å². The minimum absolute atomic E-state index is 0.0224. The lowest BCUT2D eigenvalue weighted by Gasteiger charge is -2.37. The number of hydrogen-bond acceptors (Lipinski definition) is 3. The first-order chi connectivity index (χ1) is 15.4. The summed E-state index contributed by atoms with van der Waals surface area (Å²) in [5, 5.41) is 11.7. The normalized spacial score (nSPS) is 13.6. The maximum atomic E-state index is 11.7. The highest BCUT2D eigenvalue weighted by atomic mass is 32.1. The lowest BCUT2D eigenvalue weighted by atomic mass is 9.68. The molecule has 4 heteroatoms. The molecular weight excluding hydrogens is 454 g/mol. The van der Waals surface area contributed by atoms with E-state index in [-0.39, 0.29) is 21.7 Å². The molecule has 0 aliphatic heterocycles. The number of fused-ring (bicyclic) bond motifs is 1. The number of aromatic hydroxyl groups is 1. The minimum Gasteiger partial charge on any atom is -0.507 e. The van der Waals surface area contributed by atoms with Crippen LogP contribution in [0.2, 0.25) is 0 Å². The van der Waals surface area contributed by atoms with Crippen LogP contribution in [0.5, 0.6) is 5.75 Å². The molecule has 0 saturated carbocycles. The van der Waals surface area contributed by atoms with Gasteiger partial charge in [-0.2, -0.15) is 0 Å². The Morgan fingerprint density at radius 1 is 0.824 bits per heavy atom. The monoisotopic (exact) mass is 497 g/mol. The largest absolute Gasteiger partial charge is 0.507 e. The highest BCUT2D eigenvalue weighted by Crippen LogP contribution is 2.45. The average Bonchev–Trinajstić information content (AvgIpc) is 2.94. The Kier molecular flexibility index (Phi) is 7.21. The highest BCUT2D eigenvalue weighted by Gasteiger charge is 2.34. The van der Waals surface area contributed by atoms with Crippen molar-refractivity contribution in [3.05, 3.63) is 57.0 Å². The standard InChI is InChI=1S/C30H43NOS2/c1-27(2,3)18-29(7,8)21-15-20(17-31-23-13-11-12-14-24(23)34-26(31)33)25(32)22(16-21)30(9,10)19-28(4,5)6/h11-16,32H,17-19H2,1-10H3. The van der Waals surface area contributed by atoms with Crippen molar-refractivity contribution >= 4 is 33.8 Å². The zero-order chi connectivity index (χ0) is 25.7. The summed E-state index contributed by atoms with van der Waals surface area (Å²) in [5.74, 6) is 0.418. The average molecular weight is 498 g/mol. The molecule has 0 spiro atoms. The van der Waals surface area contributed by atoms with Crippen LogP contribution in [0, 0.1) is 14.8 Å². The van der Waals surface area contributed by atoms with Crippen LogP contribution in [0.25, 0.3) is 10.2 Å². The van der Waals surface area contributed by atoms with E-state index in [1.807, 2.05) is 0 Å². The fourth-order valence-electron chi connectivity index (χ4n) is 5.90. The maximum absolute atomic E-state index is 11.7. The van der Waals surface area contributed by atoms with Crippen molar-refractivity contribution in [1.82, 2.24) is 4.57 Å². The Hall–Kier alpha value is -1.65. The Bertz CT molecular complexity index is 1230. The zero-order valence-corrected chi connectivity index (χ0v) is 24.4. The van der Waals surface area contributed by atoms with Crippen molar-refractivity contribution in [2.24, 2.45) is 10.8 Å². The van der Waals surface area contributed by atoms with Gasteiger partial charge in [-0.15, -0.1) is 11.3 Å². The zero-order valence-electron chi connectivity index (χ0n) is 22.8. The molecule has 0 aliphatic rings. The summed E-state index contributed by atoms with van der Waals surface area (Å²) in [6.45, 7) is 23.5. The van der Waals surface area contributed by atoms with Gasteiger partial charge in [0.25, 0.3) is 0 Å². The van der Waals surface area contributed by atoms with E-state index in [2.05, 4.69) is 110 Å². The molecule has 3 aromatic rings. The molecule has 2 nitrogen and oxygen atoms in total. The number of para-hydroxylation sites is 1. The molecule has 34 heavy (non-hydrogen) atoms. The van der Waals surface area contributed by atoms with Crippen molar-refractivity contribution in [3.63, 3.8) is 0 Å². The molecule has 1 heterocycles. The number of hydrogen-bond donors (Lipinski definition) is 1. The fourth-order valence-corrected chi connectivity index (χ4v) is 7.23. The Morgan fingerprint density at radius 3 is 1.97 bits per heavy atom. The number of benzene rings is 2. The molecule has 1 N–H and O–H groups in total. The number of phenols is 1. The van der Waals surface area contributed by atoms with Gasteiger partial charge in [-0.1, -0.05) is 87.4 Å². The summed E-state index contributed by atoms with van der Waals surface area (Å²) < 4.78 is 4.20. The molecule has 0 bridgehead atoms. The summed E-state index contributed by atoms with van der Waals surface area (Å²) in [7, 11) is 0. The Labute approximate surface area is 216 Å². The van der Waals surface area contributed by atoms with E-state index in [1.165, 1.54) is 10.3 Å². The van der Waals surface area contributed by atoms with E-state index in [0.717, 1.165) is 33.4 Å². The molecule has 0 atom stereocenters. The van der Waals surface area contributed by atoms with E-state index in [9.17, 15) is 5.11 Å². The van der Waals surface area contributed by atoms with Crippen LogP contribution >= 0.6 is 23.6 Å². The van der Waals surface area contributed by atoms with Gasteiger partial charge < -0.3 is 9.67 Å². The molecule has 3 rings (SSSR count). The van der Waals surface area contributed by atoms with E-state index in [1.54, 1.807) is 11.3 Å². The van der Waals surface area contributed by atoms with E-state index in [0.29, 0.717) is 12.3 Å². The first-order valence-corrected chi connectivity index (χ1v) is 13.6. The maximum Gasteiger partial charge on any atom is 0.162 e. The Balaban J connectivity index is 2.22. The second-order valence-corrected chi connectivity index (χ2v) is 15.4. The number of nitrogens with zero attached hydrogens (tertiary/aromatic N) is 1. The second-order valence-electron chi connectivity index (χ2n) is 13.7. The number of phenolic OH excluding ortho intramolecular Hbond substituents is 1. The van der Waals surface area contributed by atoms with Gasteiger partial charge in [-0.05, 0) is 70.5 Å². The summed E-state index contributed by atoms with van der Waals surface area (Å²) in [5.41, 5.74) is 4.59. The predicted molar refractivity (Wildman–Crippen MR) is 152 cm³/mol. The van der Waals surface area contributed by atoms with Gasteiger partial charge in [0, 0.05) is 11.1 Å². The van der Waals surface area contributed by atoms with Crippen molar-refractivity contribution in [1.29, 1.82) is 0 Å². The van der Waals surface area contributed by atoms with Crippen LogP contribution in [0.3, 0.4) is 0 Å². The van der Waals surface area contributed by atoms with Crippen molar-refractivity contribution in [3.8, 4) is 5.75 Å². The van der Waals surface area contributed by atoms with E-state index >= 15 is 0 Å².